The summed E-state index contributed by atoms with van der Waals surface area (Å²) in [7, 11) is 0. The number of hydrogen-bond acceptors (Lipinski definition) is 5. The summed E-state index contributed by atoms with van der Waals surface area (Å²) < 4.78 is 4.82. The van der Waals surface area contributed by atoms with Gasteiger partial charge in [-0.2, -0.15) is 0 Å². The SMILES string of the molecule is O=C1\C=C/C=C\C=N\C=C/N=CC=N\C=C/C=C\C=C/O1. The Balaban J connectivity index is 2.69. The molecule has 0 bridgehead atoms. The average Bonchev–Trinajstić information content (AvgIpc) is 2.48. The molecule has 1 aliphatic heterocycles. The second-order valence-electron chi connectivity index (χ2n) is 3.43. The van der Waals surface area contributed by atoms with Gasteiger partial charge in [0.05, 0.1) is 6.26 Å². The first-order valence-electron chi connectivity index (χ1n) is 6.15. The van der Waals surface area contributed by atoms with Crippen LogP contribution in [-0.4, -0.2) is 24.6 Å². The summed E-state index contributed by atoms with van der Waals surface area (Å²) in [6.07, 6.45) is 23.7. The van der Waals surface area contributed by atoms with Gasteiger partial charge in [0, 0.05) is 43.3 Å². The summed E-state index contributed by atoms with van der Waals surface area (Å²) >= 11 is 0. The molecule has 21 heavy (non-hydrogen) atoms. The Bertz CT molecular complexity index is 574. The van der Waals surface area contributed by atoms with E-state index >= 15 is 0 Å². The van der Waals surface area contributed by atoms with Gasteiger partial charge < -0.3 is 4.74 Å². The third-order valence-electron chi connectivity index (χ3n) is 1.87. The summed E-state index contributed by atoms with van der Waals surface area (Å²) in [6.45, 7) is 0. The maximum atomic E-state index is 11.2. The van der Waals surface area contributed by atoms with Crippen LogP contribution in [0.25, 0.3) is 0 Å². The largest absolute Gasteiger partial charge is 0.431 e. The van der Waals surface area contributed by atoms with E-state index in [9.17, 15) is 4.79 Å². The highest BCUT2D eigenvalue weighted by atomic mass is 16.5. The fourth-order valence-corrected chi connectivity index (χ4v) is 1.02. The van der Waals surface area contributed by atoms with Gasteiger partial charge in [0.1, 0.15) is 0 Å². The summed E-state index contributed by atoms with van der Waals surface area (Å²) in [4.78, 5) is 23.1. The molecule has 5 heteroatoms. The number of carbonyl (C=O) groups is 1. The predicted molar refractivity (Wildman–Crippen MR) is 86.4 cm³/mol. The Hall–Kier alpha value is -3.08. The van der Waals surface area contributed by atoms with E-state index in [4.69, 9.17) is 4.74 Å². The molecule has 1 rings (SSSR count). The number of carbonyl (C=O) groups excluding carboxylic acids is 1. The predicted octanol–water partition coefficient (Wildman–Crippen LogP) is 2.92. The number of esters is 1. The van der Waals surface area contributed by atoms with Crippen LogP contribution in [0.1, 0.15) is 0 Å². The number of aliphatic imine (C=N–C) groups is 3. The third kappa shape index (κ3) is 10.5. The van der Waals surface area contributed by atoms with Crippen LogP contribution in [0, 0.1) is 0 Å². The molecule has 1 aliphatic rings. The van der Waals surface area contributed by atoms with Crippen molar-refractivity contribution in [2.24, 2.45) is 15.0 Å². The highest BCUT2D eigenvalue weighted by molar-refractivity contribution is 6.16. The minimum Gasteiger partial charge on any atom is -0.431 e. The lowest BCUT2D eigenvalue weighted by atomic mass is 10.4. The van der Waals surface area contributed by atoms with Gasteiger partial charge in [0.2, 0.25) is 0 Å². The van der Waals surface area contributed by atoms with Crippen molar-refractivity contribution >= 4 is 24.6 Å². The molecule has 0 fully saturated rings. The molecule has 0 aliphatic carbocycles. The van der Waals surface area contributed by atoms with Crippen LogP contribution in [0.4, 0.5) is 0 Å². The molecule has 5 nitrogen and oxygen atoms in total. The number of ether oxygens (including phenoxy) is 1. The molecule has 1 heterocycles. The Kier molecular flexibility index (Phi) is 9.11. The van der Waals surface area contributed by atoms with Gasteiger partial charge in [-0.1, -0.05) is 24.3 Å². The monoisotopic (exact) mass is 281 g/mol. The first-order chi connectivity index (χ1) is 10.4. The molecule has 0 radical (unpaired) electrons. The first kappa shape index (κ1) is 16.0. The number of nitrogens with zero attached hydrogens (tertiary/aromatic N) is 3. The van der Waals surface area contributed by atoms with E-state index in [2.05, 4.69) is 15.0 Å². The maximum Gasteiger partial charge on any atom is 0.335 e. The zero-order valence-corrected chi connectivity index (χ0v) is 11.3. The maximum absolute atomic E-state index is 11.2. The zero-order chi connectivity index (χ0) is 15.0. The van der Waals surface area contributed by atoms with Gasteiger partial charge in [-0.05, 0) is 18.2 Å². The number of allylic oxidation sites excluding steroid dienone is 7. The van der Waals surface area contributed by atoms with Crippen LogP contribution in [0.2, 0.25) is 0 Å². The Labute approximate surface area is 123 Å². The third-order valence-corrected chi connectivity index (χ3v) is 1.87. The van der Waals surface area contributed by atoms with Crippen molar-refractivity contribution in [1.82, 2.24) is 0 Å². The van der Waals surface area contributed by atoms with Gasteiger partial charge in [0.25, 0.3) is 0 Å². The molecular weight excluding hydrogens is 266 g/mol. The second kappa shape index (κ2) is 12.0. The fourth-order valence-electron chi connectivity index (χ4n) is 1.02. The molecular formula is C16H15N3O2. The second-order valence-corrected chi connectivity index (χ2v) is 3.43. The topological polar surface area (TPSA) is 63.4 Å². The van der Waals surface area contributed by atoms with Crippen LogP contribution in [0.5, 0.6) is 0 Å². The molecule has 106 valence electrons. The van der Waals surface area contributed by atoms with E-state index < -0.39 is 5.97 Å². The van der Waals surface area contributed by atoms with E-state index in [1.54, 1.807) is 67.4 Å². The minimum absolute atomic E-state index is 0.454. The Morgan fingerprint density at radius 1 is 0.667 bits per heavy atom. The normalized spacial score (nSPS) is 27.0. The Morgan fingerprint density at radius 2 is 1.33 bits per heavy atom. The van der Waals surface area contributed by atoms with Crippen LogP contribution in [-0.2, 0) is 9.53 Å². The molecule has 0 atom stereocenters. The van der Waals surface area contributed by atoms with Crippen molar-refractivity contribution in [3.05, 3.63) is 73.5 Å². The van der Waals surface area contributed by atoms with Gasteiger partial charge in [-0.25, -0.2) is 4.79 Å². The summed E-state index contributed by atoms with van der Waals surface area (Å²) in [5, 5.41) is 0. The van der Waals surface area contributed by atoms with Crippen LogP contribution >= 0.6 is 0 Å². The van der Waals surface area contributed by atoms with Crippen molar-refractivity contribution in [2.75, 3.05) is 0 Å². The van der Waals surface area contributed by atoms with Crippen LogP contribution in [0.3, 0.4) is 0 Å². The molecule has 0 aromatic carbocycles. The van der Waals surface area contributed by atoms with Crippen molar-refractivity contribution in [1.29, 1.82) is 0 Å². The fraction of sp³-hybridized carbons (Fsp3) is 0. The van der Waals surface area contributed by atoms with E-state index in [1.807, 2.05) is 0 Å². The summed E-state index contributed by atoms with van der Waals surface area (Å²) in [6, 6.07) is 0. The van der Waals surface area contributed by atoms with Crippen molar-refractivity contribution < 1.29 is 9.53 Å². The lowest BCUT2D eigenvalue weighted by Crippen LogP contribution is -1.92. The zero-order valence-electron chi connectivity index (χ0n) is 11.3. The van der Waals surface area contributed by atoms with Gasteiger partial charge in [-0.3, -0.25) is 15.0 Å². The minimum atomic E-state index is -0.454. The molecule has 0 spiro atoms. The van der Waals surface area contributed by atoms with Crippen molar-refractivity contribution in [3.8, 4) is 0 Å². The Morgan fingerprint density at radius 3 is 2.19 bits per heavy atom. The van der Waals surface area contributed by atoms with Crippen molar-refractivity contribution in [3.63, 3.8) is 0 Å². The first-order valence-corrected chi connectivity index (χ1v) is 6.15. The van der Waals surface area contributed by atoms with Gasteiger partial charge in [-0.15, -0.1) is 0 Å². The molecule has 0 unspecified atom stereocenters. The molecule has 0 saturated carbocycles. The average molecular weight is 281 g/mol. The lowest BCUT2D eigenvalue weighted by molar-refractivity contribution is -0.132. The lowest BCUT2D eigenvalue weighted by Gasteiger charge is -1.89. The molecule has 0 amide bonds. The van der Waals surface area contributed by atoms with E-state index in [0.29, 0.717) is 0 Å². The summed E-state index contributed by atoms with van der Waals surface area (Å²) in [5.74, 6) is -0.454. The number of hydrogen-bond donors (Lipinski definition) is 0. The highest BCUT2D eigenvalue weighted by Gasteiger charge is 1.89. The van der Waals surface area contributed by atoms with E-state index in [0.717, 1.165) is 0 Å². The van der Waals surface area contributed by atoms with Crippen molar-refractivity contribution in [2.45, 2.75) is 0 Å². The summed E-state index contributed by atoms with van der Waals surface area (Å²) in [5.41, 5.74) is 0. The molecule has 0 N–H and O–H groups in total. The smallest absolute Gasteiger partial charge is 0.335 e. The quantitative estimate of drug-likeness (QED) is 0.641. The molecule has 0 aromatic rings. The molecule has 0 aromatic heterocycles. The van der Waals surface area contributed by atoms with E-state index in [1.165, 1.54) is 24.7 Å². The number of cyclic esters (lactones) is 1. The van der Waals surface area contributed by atoms with Gasteiger partial charge >= 0.3 is 5.97 Å². The molecule has 0 saturated heterocycles. The van der Waals surface area contributed by atoms with Gasteiger partial charge in [0.15, 0.2) is 0 Å². The number of rotatable bonds is 0. The van der Waals surface area contributed by atoms with Crippen LogP contribution < -0.4 is 0 Å². The standard InChI is InChI=1S/C16H15N3O2/c20-16-8-4-3-6-10-18-12-14-19-13-11-17-9-5-1-2-7-15-21-16/h1-15H/b2-1-,6-3-,8-4-,9-5-,14-12-,15-7-,17-11?,18-10+,19-13?. The highest BCUT2D eigenvalue weighted by Crippen LogP contribution is 1.87. The van der Waals surface area contributed by atoms with Crippen LogP contribution in [0.15, 0.2) is 88.4 Å². The van der Waals surface area contributed by atoms with E-state index in [-0.39, 0.29) is 0 Å².